The average molecular weight is 316 g/mol. The number of likely N-dealkylation sites (tertiary alicyclic amines) is 1. The minimum absolute atomic E-state index is 0.414. The van der Waals surface area contributed by atoms with Crippen LogP contribution >= 0.6 is 0 Å². The second-order valence-electron chi connectivity index (χ2n) is 5.62. The Hall–Kier alpha value is -2.21. The van der Waals surface area contributed by atoms with Crippen LogP contribution < -0.4 is 10.1 Å². The van der Waals surface area contributed by atoms with Gasteiger partial charge in [-0.05, 0) is 43.6 Å². The van der Waals surface area contributed by atoms with E-state index >= 15 is 0 Å². The Morgan fingerprint density at radius 2 is 1.78 bits per heavy atom. The Bertz CT molecular complexity index is 597. The summed E-state index contributed by atoms with van der Waals surface area (Å²) in [5.41, 5.74) is 1.09. The fourth-order valence-corrected chi connectivity index (χ4v) is 2.59. The third-order valence-electron chi connectivity index (χ3n) is 3.87. The second kappa shape index (κ2) is 7.87. The first-order valence-electron chi connectivity index (χ1n) is 7.95. The van der Waals surface area contributed by atoms with Crippen molar-refractivity contribution in [2.45, 2.75) is 19.4 Å². The fraction of sp³-hybridized carbons (Fsp3) is 0.412. The van der Waals surface area contributed by atoms with E-state index in [2.05, 4.69) is 20.2 Å². The van der Waals surface area contributed by atoms with Crippen LogP contribution in [0.3, 0.4) is 0 Å². The van der Waals surface area contributed by atoms with E-state index in [0.717, 1.165) is 36.9 Å². The molecule has 0 spiro atoms. The number of rotatable bonds is 7. The third-order valence-corrected chi connectivity index (χ3v) is 3.87. The average Bonchev–Trinajstić information content (AvgIpc) is 3.09. The van der Waals surface area contributed by atoms with E-state index in [1.165, 1.54) is 25.9 Å². The molecule has 1 aromatic carbocycles. The maximum absolute atomic E-state index is 12.7. The van der Waals surface area contributed by atoms with Crippen LogP contribution in [0.25, 0.3) is 0 Å². The second-order valence-corrected chi connectivity index (χ2v) is 5.62. The molecule has 23 heavy (non-hydrogen) atoms. The lowest BCUT2D eigenvalue weighted by atomic mass is 10.2. The molecule has 2 heterocycles. The SMILES string of the molecule is Fc1cnc(NCc2ccc(OCCN3CCCC3)cc2)nc1. The summed E-state index contributed by atoms with van der Waals surface area (Å²) in [6.45, 7) is 4.69. The summed E-state index contributed by atoms with van der Waals surface area (Å²) in [5.74, 6) is 0.856. The molecule has 0 aliphatic carbocycles. The summed E-state index contributed by atoms with van der Waals surface area (Å²) in [4.78, 5) is 10.2. The molecule has 1 aromatic heterocycles. The van der Waals surface area contributed by atoms with Crippen molar-refractivity contribution < 1.29 is 9.13 Å². The van der Waals surface area contributed by atoms with Gasteiger partial charge < -0.3 is 10.1 Å². The van der Waals surface area contributed by atoms with Gasteiger partial charge in [0.25, 0.3) is 0 Å². The minimum atomic E-state index is -0.439. The van der Waals surface area contributed by atoms with E-state index in [1.54, 1.807) is 0 Å². The van der Waals surface area contributed by atoms with Crippen molar-refractivity contribution in [1.82, 2.24) is 14.9 Å². The van der Waals surface area contributed by atoms with Crippen molar-refractivity contribution >= 4 is 5.95 Å². The van der Waals surface area contributed by atoms with Crippen molar-refractivity contribution in [3.8, 4) is 5.75 Å². The van der Waals surface area contributed by atoms with Gasteiger partial charge in [-0.2, -0.15) is 0 Å². The molecular formula is C17H21FN4O. The number of hydrogen-bond donors (Lipinski definition) is 1. The quantitative estimate of drug-likeness (QED) is 0.851. The van der Waals surface area contributed by atoms with Gasteiger partial charge in [-0.3, -0.25) is 4.90 Å². The van der Waals surface area contributed by atoms with E-state index in [4.69, 9.17) is 4.74 Å². The molecule has 0 radical (unpaired) electrons. The van der Waals surface area contributed by atoms with Crippen LogP contribution in [-0.4, -0.2) is 41.1 Å². The molecule has 122 valence electrons. The summed E-state index contributed by atoms with van der Waals surface area (Å²) in [5, 5.41) is 3.05. The summed E-state index contributed by atoms with van der Waals surface area (Å²) >= 11 is 0. The van der Waals surface area contributed by atoms with Gasteiger partial charge in [0.05, 0.1) is 12.4 Å². The van der Waals surface area contributed by atoms with Crippen LogP contribution in [0.5, 0.6) is 5.75 Å². The monoisotopic (exact) mass is 316 g/mol. The topological polar surface area (TPSA) is 50.3 Å². The van der Waals surface area contributed by atoms with Crippen LogP contribution in [0.15, 0.2) is 36.7 Å². The van der Waals surface area contributed by atoms with Gasteiger partial charge in [-0.1, -0.05) is 12.1 Å². The zero-order valence-corrected chi connectivity index (χ0v) is 13.0. The van der Waals surface area contributed by atoms with Crippen molar-refractivity contribution in [3.05, 3.63) is 48.0 Å². The molecule has 1 N–H and O–H groups in total. The van der Waals surface area contributed by atoms with Crippen LogP contribution in [-0.2, 0) is 6.54 Å². The Labute approximate surface area is 135 Å². The van der Waals surface area contributed by atoms with E-state index < -0.39 is 5.82 Å². The fourth-order valence-electron chi connectivity index (χ4n) is 2.59. The third kappa shape index (κ3) is 4.89. The number of halogens is 1. The number of ether oxygens (including phenoxy) is 1. The standard InChI is InChI=1S/C17H21FN4O/c18-15-12-20-17(21-13-15)19-11-14-3-5-16(6-4-14)23-10-9-22-7-1-2-8-22/h3-6,12-13H,1-2,7-11H2,(H,19,20,21). The summed E-state index contributed by atoms with van der Waals surface area (Å²) in [6.07, 6.45) is 4.90. The minimum Gasteiger partial charge on any atom is -0.492 e. The predicted octanol–water partition coefficient (Wildman–Crippen LogP) is 2.70. The molecule has 0 saturated carbocycles. The van der Waals surface area contributed by atoms with Crippen molar-refractivity contribution in [3.63, 3.8) is 0 Å². The summed E-state index contributed by atoms with van der Waals surface area (Å²) in [6, 6.07) is 7.93. The molecule has 0 bridgehead atoms. The number of anilines is 1. The van der Waals surface area contributed by atoms with Gasteiger partial charge >= 0.3 is 0 Å². The molecule has 0 atom stereocenters. The molecule has 5 nitrogen and oxygen atoms in total. The predicted molar refractivity (Wildman–Crippen MR) is 86.9 cm³/mol. The lowest BCUT2D eigenvalue weighted by molar-refractivity contribution is 0.238. The molecule has 6 heteroatoms. The molecule has 3 rings (SSSR count). The maximum Gasteiger partial charge on any atom is 0.223 e. The largest absolute Gasteiger partial charge is 0.492 e. The summed E-state index contributed by atoms with van der Waals surface area (Å²) < 4.78 is 18.5. The zero-order valence-electron chi connectivity index (χ0n) is 13.0. The highest BCUT2D eigenvalue weighted by Crippen LogP contribution is 2.14. The highest BCUT2D eigenvalue weighted by atomic mass is 19.1. The van der Waals surface area contributed by atoms with Gasteiger partial charge in [0.15, 0.2) is 5.82 Å². The Balaban J connectivity index is 1.42. The highest BCUT2D eigenvalue weighted by Gasteiger charge is 2.10. The van der Waals surface area contributed by atoms with E-state index in [0.29, 0.717) is 12.5 Å². The molecule has 1 aliphatic rings. The van der Waals surface area contributed by atoms with Crippen LogP contribution in [0.1, 0.15) is 18.4 Å². The van der Waals surface area contributed by atoms with Gasteiger partial charge in [-0.25, -0.2) is 14.4 Å². The molecule has 1 saturated heterocycles. The number of nitrogens with zero attached hydrogens (tertiary/aromatic N) is 3. The number of nitrogens with one attached hydrogen (secondary N) is 1. The zero-order chi connectivity index (χ0) is 15.9. The lowest BCUT2D eigenvalue weighted by Crippen LogP contribution is -2.25. The first-order chi connectivity index (χ1) is 11.3. The number of benzene rings is 1. The van der Waals surface area contributed by atoms with Crippen molar-refractivity contribution in [1.29, 1.82) is 0 Å². The lowest BCUT2D eigenvalue weighted by Gasteiger charge is -2.15. The van der Waals surface area contributed by atoms with Crippen LogP contribution in [0.2, 0.25) is 0 Å². The number of hydrogen-bond acceptors (Lipinski definition) is 5. The molecule has 0 amide bonds. The smallest absolute Gasteiger partial charge is 0.223 e. The van der Waals surface area contributed by atoms with Gasteiger partial charge in [0.1, 0.15) is 12.4 Å². The molecule has 1 aliphatic heterocycles. The van der Waals surface area contributed by atoms with Crippen molar-refractivity contribution in [2.75, 3.05) is 31.6 Å². The first-order valence-corrected chi connectivity index (χ1v) is 7.95. The van der Waals surface area contributed by atoms with E-state index in [-0.39, 0.29) is 0 Å². The van der Waals surface area contributed by atoms with Gasteiger partial charge in [0, 0.05) is 13.1 Å². The highest BCUT2D eigenvalue weighted by molar-refractivity contribution is 5.31. The summed E-state index contributed by atoms with van der Waals surface area (Å²) in [7, 11) is 0. The molecule has 1 fully saturated rings. The van der Waals surface area contributed by atoms with Crippen LogP contribution in [0, 0.1) is 5.82 Å². The Morgan fingerprint density at radius 3 is 2.48 bits per heavy atom. The Morgan fingerprint density at radius 1 is 1.09 bits per heavy atom. The normalized spacial score (nSPS) is 14.8. The first kappa shape index (κ1) is 15.7. The van der Waals surface area contributed by atoms with Gasteiger partial charge in [-0.15, -0.1) is 0 Å². The van der Waals surface area contributed by atoms with Gasteiger partial charge in [0.2, 0.25) is 5.95 Å². The molecule has 2 aromatic rings. The molecular weight excluding hydrogens is 295 g/mol. The van der Waals surface area contributed by atoms with E-state index in [1.807, 2.05) is 24.3 Å². The molecule has 0 unspecified atom stereocenters. The van der Waals surface area contributed by atoms with Crippen molar-refractivity contribution in [2.24, 2.45) is 0 Å². The van der Waals surface area contributed by atoms with Crippen LogP contribution in [0.4, 0.5) is 10.3 Å². The maximum atomic E-state index is 12.7. The Kier molecular flexibility index (Phi) is 5.37. The van der Waals surface area contributed by atoms with E-state index in [9.17, 15) is 4.39 Å². The number of aromatic nitrogens is 2.